The van der Waals surface area contributed by atoms with Gasteiger partial charge in [0.15, 0.2) is 24.8 Å². The smallest absolute Gasteiger partial charge is 0.344 e. The van der Waals surface area contributed by atoms with Crippen LogP contribution >= 0.6 is 11.6 Å². The number of nitrogens with zero attached hydrogens (tertiary/aromatic N) is 1. The fourth-order valence-electron chi connectivity index (χ4n) is 3.26. The summed E-state index contributed by atoms with van der Waals surface area (Å²) in [6.45, 7) is -0.355. The summed E-state index contributed by atoms with van der Waals surface area (Å²) in [5, 5.41) is 2.58. The minimum atomic E-state index is -3.73. The van der Waals surface area contributed by atoms with Crippen molar-refractivity contribution in [3.63, 3.8) is 0 Å². The van der Waals surface area contributed by atoms with Gasteiger partial charge in [-0.25, -0.2) is 17.6 Å². The number of halogens is 2. The van der Waals surface area contributed by atoms with Gasteiger partial charge in [-0.2, -0.15) is 4.31 Å². The summed E-state index contributed by atoms with van der Waals surface area (Å²) in [5.74, 6) is -2.35. The fourth-order valence-corrected chi connectivity index (χ4v) is 4.97. The molecule has 0 unspecified atom stereocenters. The summed E-state index contributed by atoms with van der Waals surface area (Å²) < 4.78 is 50.7. The van der Waals surface area contributed by atoms with E-state index in [1.165, 1.54) is 40.7 Å². The standard InChI is InChI=1S/C22H24ClFN2O6S/c23-17-10-9-16(33(29,30)26-11-5-1-2-6-12-26)13-19(17)25-21(27)14-32-22(28)15-31-20-8-4-3-7-18(20)24/h3-4,7-10,13H,1-2,5-6,11-12,14-15H2,(H,25,27). The minimum Gasteiger partial charge on any atom is -0.479 e. The van der Waals surface area contributed by atoms with Crippen molar-refractivity contribution in [3.05, 3.63) is 53.3 Å². The first-order valence-electron chi connectivity index (χ1n) is 10.4. The summed E-state index contributed by atoms with van der Waals surface area (Å²) >= 11 is 6.11. The molecule has 1 aliphatic heterocycles. The van der Waals surface area contributed by atoms with Crippen LogP contribution in [0.5, 0.6) is 5.75 Å². The van der Waals surface area contributed by atoms with Crippen molar-refractivity contribution in [2.24, 2.45) is 0 Å². The van der Waals surface area contributed by atoms with Gasteiger partial charge in [-0.1, -0.05) is 36.6 Å². The number of anilines is 1. The first-order chi connectivity index (χ1) is 15.8. The Morgan fingerprint density at radius 2 is 1.73 bits per heavy atom. The monoisotopic (exact) mass is 498 g/mol. The molecule has 11 heteroatoms. The molecule has 0 spiro atoms. The van der Waals surface area contributed by atoms with Crippen LogP contribution in [0, 0.1) is 5.82 Å². The van der Waals surface area contributed by atoms with Crippen molar-refractivity contribution in [3.8, 4) is 5.75 Å². The summed E-state index contributed by atoms with van der Waals surface area (Å²) in [7, 11) is -3.73. The second-order valence-corrected chi connectivity index (χ2v) is 9.73. The molecule has 8 nitrogen and oxygen atoms in total. The van der Waals surface area contributed by atoms with E-state index in [1.54, 1.807) is 6.07 Å². The Hall–Kier alpha value is -2.69. The third-order valence-electron chi connectivity index (χ3n) is 4.96. The van der Waals surface area contributed by atoms with Gasteiger partial charge in [0.2, 0.25) is 10.0 Å². The molecule has 1 fully saturated rings. The van der Waals surface area contributed by atoms with E-state index in [9.17, 15) is 22.4 Å². The normalized spacial score (nSPS) is 14.8. The van der Waals surface area contributed by atoms with Gasteiger partial charge in [-0.15, -0.1) is 0 Å². The van der Waals surface area contributed by atoms with Crippen molar-refractivity contribution in [2.45, 2.75) is 30.6 Å². The second-order valence-electron chi connectivity index (χ2n) is 7.39. The summed E-state index contributed by atoms with van der Waals surface area (Å²) in [6.07, 6.45) is 3.56. The number of nitrogens with one attached hydrogen (secondary N) is 1. The highest BCUT2D eigenvalue weighted by atomic mass is 35.5. The number of sulfonamides is 1. The molecule has 0 radical (unpaired) electrons. The molecular formula is C22H24ClFN2O6S. The van der Waals surface area contributed by atoms with Crippen LogP contribution in [-0.4, -0.2) is 50.9 Å². The minimum absolute atomic E-state index is 0.0133. The van der Waals surface area contributed by atoms with Crippen LogP contribution < -0.4 is 10.1 Å². The largest absolute Gasteiger partial charge is 0.479 e. The van der Waals surface area contributed by atoms with E-state index in [2.05, 4.69) is 5.32 Å². The van der Waals surface area contributed by atoms with E-state index in [0.717, 1.165) is 25.7 Å². The maximum Gasteiger partial charge on any atom is 0.344 e. The molecule has 0 bridgehead atoms. The zero-order chi connectivity index (χ0) is 23.8. The maximum atomic E-state index is 13.5. The zero-order valence-electron chi connectivity index (χ0n) is 17.8. The molecule has 1 heterocycles. The lowest BCUT2D eigenvalue weighted by Gasteiger charge is -2.20. The van der Waals surface area contributed by atoms with Gasteiger partial charge in [0, 0.05) is 13.1 Å². The van der Waals surface area contributed by atoms with Crippen molar-refractivity contribution < 1.29 is 31.9 Å². The average molecular weight is 499 g/mol. The van der Waals surface area contributed by atoms with E-state index in [0.29, 0.717) is 13.1 Å². The van der Waals surface area contributed by atoms with Crippen molar-refractivity contribution >= 4 is 39.2 Å². The first-order valence-corrected chi connectivity index (χ1v) is 12.2. The zero-order valence-corrected chi connectivity index (χ0v) is 19.3. The number of carbonyl (C=O) groups is 2. The van der Waals surface area contributed by atoms with Gasteiger partial charge in [-0.05, 0) is 43.2 Å². The predicted molar refractivity (Wildman–Crippen MR) is 120 cm³/mol. The maximum absolute atomic E-state index is 13.5. The van der Waals surface area contributed by atoms with Crippen LogP contribution in [0.4, 0.5) is 10.1 Å². The number of rotatable bonds is 8. The lowest BCUT2D eigenvalue weighted by Crippen LogP contribution is -2.32. The summed E-state index contributed by atoms with van der Waals surface area (Å²) in [4.78, 5) is 24.0. The SMILES string of the molecule is O=C(COC(=O)COc1ccccc1F)Nc1cc(S(=O)(=O)N2CCCCCC2)ccc1Cl. The Kier molecular flexibility index (Phi) is 8.65. The van der Waals surface area contributed by atoms with Gasteiger partial charge >= 0.3 is 5.97 Å². The Morgan fingerprint density at radius 1 is 1.03 bits per heavy atom. The molecule has 0 saturated carbocycles. The molecule has 1 saturated heterocycles. The highest BCUT2D eigenvalue weighted by Crippen LogP contribution is 2.28. The second kappa shape index (κ2) is 11.4. The highest BCUT2D eigenvalue weighted by Gasteiger charge is 2.26. The van der Waals surface area contributed by atoms with Gasteiger partial charge in [0.1, 0.15) is 0 Å². The molecule has 178 valence electrons. The van der Waals surface area contributed by atoms with Crippen LogP contribution in [0.25, 0.3) is 0 Å². The number of amides is 1. The Morgan fingerprint density at radius 3 is 2.42 bits per heavy atom. The van der Waals surface area contributed by atoms with Gasteiger partial charge in [0.05, 0.1) is 15.6 Å². The predicted octanol–water partition coefficient (Wildman–Crippen LogP) is 3.60. The molecule has 2 aromatic carbocycles. The van der Waals surface area contributed by atoms with Gasteiger partial charge in [-0.3, -0.25) is 4.79 Å². The molecule has 0 aromatic heterocycles. The summed E-state index contributed by atoms with van der Waals surface area (Å²) in [6, 6.07) is 9.60. The van der Waals surface area contributed by atoms with E-state index < -0.39 is 40.9 Å². The number of carbonyl (C=O) groups excluding carboxylic acids is 2. The topological polar surface area (TPSA) is 102 Å². The molecule has 1 aliphatic rings. The van der Waals surface area contributed by atoms with Crippen LogP contribution in [-0.2, 0) is 24.3 Å². The van der Waals surface area contributed by atoms with Crippen LogP contribution in [0.15, 0.2) is 47.4 Å². The van der Waals surface area contributed by atoms with Crippen molar-refractivity contribution in [1.82, 2.24) is 4.31 Å². The Bertz CT molecular complexity index is 1100. The lowest BCUT2D eigenvalue weighted by molar-refractivity contribution is -0.149. The number of ether oxygens (including phenoxy) is 2. The highest BCUT2D eigenvalue weighted by molar-refractivity contribution is 7.89. The molecule has 1 N–H and O–H groups in total. The fraction of sp³-hybridized carbons (Fsp3) is 0.364. The summed E-state index contributed by atoms with van der Waals surface area (Å²) in [5.41, 5.74) is 0.0798. The third kappa shape index (κ3) is 6.89. The van der Waals surface area contributed by atoms with Crippen molar-refractivity contribution in [2.75, 3.05) is 31.6 Å². The average Bonchev–Trinajstić information content (AvgIpc) is 3.09. The Labute approximate surface area is 196 Å². The van der Waals surface area contributed by atoms with E-state index in [4.69, 9.17) is 21.1 Å². The van der Waals surface area contributed by atoms with Gasteiger partial charge in [0.25, 0.3) is 5.91 Å². The third-order valence-corrected chi connectivity index (χ3v) is 7.19. The first kappa shape index (κ1) is 24.9. The van der Waals surface area contributed by atoms with Crippen molar-refractivity contribution in [1.29, 1.82) is 0 Å². The van der Waals surface area contributed by atoms with Crippen LogP contribution in [0.1, 0.15) is 25.7 Å². The molecule has 0 aliphatic carbocycles. The van der Waals surface area contributed by atoms with Crippen LogP contribution in [0.3, 0.4) is 0 Å². The molecule has 1 amide bonds. The quantitative estimate of drug-likeness (QED) is 0.558. The Balaban J connectivity index is 1.57. The number of hydrogen-bond acceptors (Lipinski definition) is 6. The molecule has 0 atom stereocenters. The lowest BCUT2D eigenvalue weighted by atomic mass is 10.2. The van der Waals surface area contributed by atoms with E-state index >= 15 is 0 Å². The molecule has 33 heavy (non-hydrogen) atoms. The number of esters is 1. The van der Waals surface area contributed by atoms with E-state index in [-0.39, 0.29) is 21.4 Å². The number of benzene rings is 2. The number of hydrogen-bond donors (Lipinski definition) is 1. The number of para-hydroxylation sites is 1. The molecule has 2 aromatic rings. The van der Waals surface area contributed by atoms with E-state index in [1.807, 2.05) is 0 Å². The molecular weight excluding hydrogens is 475 g/mol. The molecule has 3 rings (SSSR count). The van der Waals surface area contributed by atoms with Gasteiger partial charge < -0.3 is 14.8 Å². The van der Waals surface area contributed by atoms with Crippen LogP contribution in [0.2, 0.25) is 5.02 Å².